The summed E-state index contributed by atoms with van der Waals surface area (Å²) in [6.07, 6.45) is 2.95. The second-order valence-electron chi connectivity index (χ2n) is 4.05. The first kappa shape index (κ1) is 13.0. The summed E-state index contributed by atoms with van der Waals surface area (Å²) in [6.45, 7) is 2.24. The number of aryl methyl sites for hydroxylation is 1. The Bertz CT molecular complexity index is 567. The summed E-state index contributed by atoms with van der Waals surface area (Å²) >= 11 is 0. The van der Waals surface area contributed by atoms with Crippen LogP contribution >= 0.6 is 0 Å². The zero-order valence-electron chi connectivity index (χ0n) is 10.9. The third kappa shape index (κ3) is 3.28. The van der Waals surface area contributed by atoms with Gasteiger partial charge in [-0.2, -0.15) is 0 Å². The molecule has 0 aliphatic carbocycles. The van der Waals surface area contributed by atoms with Gasteiger partial charge in [0, 0.05) is 12.7 Å². The zero-order chi connectivity index (χ0) is 13.7. The van der Waals surface area contributed by atoms with Crippen LogP contribution in [0.25, 0.3) is 0 Å². The Balaban J connectivity index is 1.98. The topological polar surface area (TPSA) is 64.1 Å². The molecule has 0 aliphatic rings. The van der Waals surface area contributed by atoms with E-state index in [0.29, 0.717) is 17.8 Å². The van der Waals surface area contributed by atoms with Gasteiger partial charge >= 0.3 is 0 Å². The van der Waals surface area contributed by atoms with Crippen LogP contribution in [0, 0.1) is 6.92 Å². The molecule has 1 N–H and O–H groups in total. The molecule has 1 heterocycles. The van der Waals surface area contributed by atoms with Gasteiger partial charge < -0.3 is 10.1 Å². The molecule has 98 valence electrons. The summed E-state index contributed by atoms with van der Waals surface area (Å²) in [7, 11) is 1.62. The van der Waals surface area contributed by atoms with E-state index < -0.39 is 0 Å². The minimum Gasteiger partial charge on any atom is -0.497 e. The van der Waals surface area contributed by atoms with Crippen molar-refractivity contribution in [2.75, 3.05) is 7.11 Å². The highest BCUT2D eigenvalue weighted by Gasteiger charge is 2.09. The Labute approximate surface area is 111 Å². The first-order chi connectivity index (χ1) is 9.20. The standard InChI is InChI=1S/C14H15N3O2/c1-10-13(8-15-9-17-10)14(18)16-7-11-3-5-12(19-2)6-4-11/h3-6,8-9H,7H2,1-2H3,(H,16,18). The van der Waals surface area contributed by atoms with Crippen LogP contribution in [0.5, 0.6) is 5.75 Å². The van der Waals surface area contributed by atoms with E-state index in [0.717, 1.165) is 11.3 Å². The van der Waals surface area contributed by atoms with E-state index in [1.165, 1.54) is 12.5 Å². The highest BCUT2D eigenvalue weighted by molar-refractivity contribution is 5.94. The molecular weight excluding hydrogens is 242 g/mol. The number of aromatic nitrogens is 2. The minimum absolute atomic E-state index is 0.172. The lowest BCUT2D eigenvalue weighted by molar-refractivity contribution is 0.0949. The fraction of sp³-hybridized carbons (Fsp3) is 0.214. The van der Waals surface area contributed by atoms with Gasteiger partial charge in [-0.1, -0.05) is 12.1 Å². The minimum atomic E-state index is -0.172. The van der Waals surface area contributed by atoms with Gasteiger partial charge in [0.25, 0.3) is 5.91 Å². The summed E-state index contributed by atoms with van der Waals surface area (Å²) < 4.78 is 5.08. The van der Waals surface area contributed by atoms with Crippen molar-refractivity contribution in [2.24, 2.45) is 0 Å². The summed E-state index contributed by atoms with van der Waals surface area (Å²) in [5.74, 6) is 0.622. The van der Waals surface area contributed by atoms with E-state index in [-0.39, 0.29) is 5.91 Å². The first-order valence-electron chi connectivity index (χ1n) is 5.88. The molecule has 1 amide bonds. The van der Waals surface area contributed by atoms with Crippen molar-refractivity contribution in [2.45, 2.75) is 13.5 Å². The molecule has 0 aliphatic heterocycles. The Morgan fingerprint density at radius 3 is 2.68 bits per heavy atom. The molecule has 0 saturated heterocycles. The maximum absolute atomic E-state index is 11.9. The Morgan fingerprint density at radius 1 is 1.32 bits per heavy atom. The van der Waals surface area contributed by atoms with Gasteiger partial charge in [0.1, 0.15) is 12.1 Å². The Hall–Kier alpha value is -2.43. The Morgan fingerprint density at radius 2 is 2.05 bits per heavy atom. The second-order valence-corrected chi connectivity index (χ2v) is 4.05. The molecule has 19 heavy (non-hydrogen) atoms. The van der Waals surface area contributed by atoms with Crippen molar-refractivity contribution in [3.8, 4) is 5.75 Å². The molecule has 2 aromatic rings. The fourth-order valence-electron chi connectivity index (χ4n) is 1.63. The number of ether oxygens (including phenoxy) is 1. The van der Waals surface area contributed by atoms with Gasteiger partial charge in [-0.3, -0.25) is 4.79 Å². The predicted octanol–water partition coefficient (Wildman–Crippen LogP) is 1.72. The largest absolute Gasteiger partial charge is 0.497 e. The van der Waals surface area contributed by atoms with E-state index in [4.69, 9.17) is 4.74 Å². The number of nitrogens with one attached hydrogen (secondary N) is 1. The van der Waals surface area contributed by atoms with Gasteiger partial charge in [-0.15, -0.1) is 0 Å². The maximum Gasteiger partial charge on any atom is 0.254 e. The first-order valence-corrected chi connectivity index (χ1v) is 5.88. The van der Waals surface area contributed by atoms with Crippen molar-refractivity contribution < 1.29 is 9.53 Å². The molecule has 0 radical (unpaired) electrons. The average Bonchev–Trinajstić information content (AvgIpc) is 2.46. The van der Waals surface area contributed by atoms with Crippen molar-refractivity contribution >= 4 is 5.91 Å². The van der Waals surface area contributed by atoms with Crippen molar-refractivity contribution in [1.29, 1.82) is 0 Å². The summed E-state index contributed by atoms with van der Waals surface area (Å²) in [4.78, 5) is 19.8. The summed E-state index contributed by atoms with van der Waals surface area (Å²) in [5.41, 5.74) is 2.17. The number of benzene rings is 1. The number of amides is 1. The fourth-order valence-corrected chi connectivity index (χ4v) is 1.63. The summed E-state index contributed by atoms with van der Waals surface area (Å²) in [6, 6.07) is 7.54. The molecule has 0 fully saturated rings. The predicted molar refractivity (Wildman–Crippen MR) is 70.9 cm³/mol. The summed E-state index contributed by atoms with van der Waals surface area (Å²) in [5, 5.41) is 2.83. The number of rotatable bonds is 4. The van der Waals surface area contributed by atoms with Crippen LogP contribution in [0.2, 0.25) is 0 Å². The van der Waals surface area contributed by atoms with Crippen molar-refractivity contribution in [3.05, 3.63) is 53.6 Å². The molecule has 5 nitrogen and oxygen atoms in total. The molecule has 0 atom stereocenters. The SMILES string of the molecule is COc1ccc(CNC(=O)c2cncnc2C)cc1. The van der Waals surface area contributed by atoms with Gasteiger partial charge in [0.2, 0.25) is 0 Å². The highest BCUT2D eigenvalue weighted by atomic mass is 16.5. The van der Waals surface area contributed by atoms with Gasteiger partial charge in [0.15, 0.2) is 0 Å². The molecule has 5 heteroatoms. The highest BCUT2D eigenvalue weighted by Crippen LogP contribution is 2.11. The number of carbonyl (C=O) groups excluding carboxylic acids is 1. The zero-order valence-corrected chi connectivity index (χ0v) is 10.9. The molecule has 0 unspecified atom stereocenters. The molecule has 1 aromatic carbocycles. The molecule has 0 saturated carbocycles. The van der Waals surface area contributed by atoms with Crippen LogP contribution in [-0.4, -0.2) is 23.0 Å². The smallest absolute Gasteiger partial charge is 0.254 e. The lowest BCUT2D eigenvalue weighted by Crippen LogP contribution is -2.24. The molecular formula is C14H15N3O2. The lowest BCUT2D eigenvalue weighted by Gasteiger charge is -2.07. The molecule has 1 aromatic heterocycles. The van der Waals surface area contributed by atoms with Crippen molar-refractivity contribution in [1.82, 2.24) is 15.3 Å². The van der Waals surface area contributed by atoms with Crippen LogP contribution < -0.4 is 10.1 Å². The third-order valence-corrected chi connectivity index (χ3v) is 2.77. The van der Waals surface area contributed by atoms with Gasteiger partial charge in [-0.25, -0.2) is 9.97 Å². The third-order valence-electron chi connectivity index (χ3n) is 2.77. The average molecular weight is 257 g/mol. The van der Waals surface area contributed by atoms with Crippen LogP contribution in [0.4, 0.5) is 0 Å². The lowest BCUT2D eigenvalue weighted by atomic mass is 10.2. The number of methoxy groups -OCH3 is 1. The maximum atomic E-state index is 11.9. The number of hydrogen-bond donors (Lipinski definition) is 1. The van der Waals surface area contributed by atoms with Crippen LogP contribution in [0.15, 0.2) is 36.8 Å². The van der Waals surface area contributed by atoms with Gasteiger partial charge in [0.05, 0.1) is 18.4 Å². The number of hydrogen-bond acceptors (Lipinski definition) is 4. The second kappa shape index (κ2) is 5.95. The van der Waals surface area contributed by atoms with Crippen LogP contribution in [0.3, 0.4) is 0 Å². The molecule has 0 spiro atoms. The van der Waals surface area contributed by atoms with E-state index in [1.807, 2.05) is 24.3 Å². The van der Waals surface area contributed by atoms with E-state index in [9.17, 15) is 4.79 Å². The molecule has 0 bridgehead atoms. The number of carbonyl (C=O) groups is 1. The van der Waals surface area contributed by atoms with E-state index in [2.05, 4.69) is 15.3 Å². The van der Waals surface area contributed by atoms with Crippen LogP contribution in [-0.2, 0) is 6.54 Å². The number of nitrogens with zero attached hydrogens (tertiary/aromatic N) is 2. The van der Waals surface area contributed by atoms with Crippen molar-refractivity contribution in [3.63, 3.8) is 0 Å². The monoisotopic (exact) mass is 257 g/mol. The van der Waals surface area contributed by atoms with E-state index in [1.54, 1.807) is 14.0 Å². The van der Waals surface area contributed by atoms with E-state index >= 15 is 0 Å². The van der Waals surface area contributed by atoms with Gasteiger partial charge in [-0.05, 0) is 24.6 Å². The molecule has 2 rings (SSSR count). The van der Waals surface area contributed by atoms with Crippen LogP contribution in [0.1, 0.15) is 21.6 Å². The Kier molecular flexibility index (Phi) is 4.07. The normalized spacial score (nSPS) is 10.0. The quantitative estimate of drug-likeness (QED) is 0.905.